The highest BCUT2D eigenvalue weighted by Gasteiger charge is 2.31. The normalized spacial score (nSPS) is 14.6. The summed E-state index contributed by atoms with van der Waals surface area (Å²) in [5.74, 6) is 0.242. The molecule has 3 rings (SSSR count). The van der Waals surface area contributed by atoms with E-state index in [9.17, 15) is 14.0 Å². The van der Waals surface area contributed by atoms with Crippen LogP contribution in [0.1, 0.15) is 44.6 Å². The Bertz CT molecular complexity index is 897. The van der Waals surface area contributed by atoms with Gasteiger partial charge in [0.15, 0.2) is 6.61 Å². The minimum absolute atomic E-state index is 0.141. The van der Waals surface area contributed by atoms with Gasteiger partial charge in [0, 0.05) is 12.6 Å². The number of carbonyl (C=O) groups excluding carboxylic acids is 2. The molecule has 0 radical (unpaired) electrons. The molecular formula is C25H31FN2O4. The van der Waals surface area contributed by atoms with Gasteiger partial charge in [0.05, 0.1) is 7.11 Å². The van der Waals surface area contributed by atoms with Crippen LogP contribution in [-0.2, 0) is 16.1 Å². The van der Waals surface area contributed by atoms with Crippen molar-refractivity contribution < 1.29 is 23.5 Å². The van der Waals surface area contributed by atoms with Gasteiger partial charge in [0.2, 0.25) is 5.91 Å². The molecule has 32 heavy (non-hydrogen) atoms. The summed E-state index contributed by atoms with van der Waals surface area (Å²) in [7, 11) is 1.59. The fourth-order valence-electron chi connectivity index (χ4n) is 4.01. The lowest BCUT2D eigenvalue weighted by atomic mass is 10.1. The van der Waals surface area contributed by atoms with Crippen molar-refractivity contribution >= 4 is 11.8 Å². The maximum atomic E-state index is 13.2. The van der Waals surface area contributed by atoms with Gasteiger partial charge in [0.1, 0.15) is 23.4 Å². The third-order valence-corrected chi connectivity index (χ3v) is 5.75. The molecule has 6 nitrogen and oxygen atoms in total. The van der Waals surface area contributed by atoms with Gasteiger partial charge in [-0.25, -0.2) is 4.39 Å². The summed E-state index contributed by atoms with van der Waals surface area (Å²) in [6, 6.07) is 12.5. The molecule has 2 aromatic carbocycles. The zero-order chi connectivity index (χ0) is 22.9. The Morgan fingerprint density at radius 2 is 1.84 bits per heavy atom. The molecule has 0 unspecified atom stereocenters. The first-order valence-electron chi connectivity index (χ1n) is 11.1. The lowest BCUT2D eigenvalue weighted by Gasteiger charge is -2.31. The van der Waals surface area contributed by atoms with Crippen molar-refractivity contribution in [2.45, 2.75) is 57.7 Å². The largest absolute Gasteiger partial charge is 0.497 e. The zero-order valence-corrected chi connectivity index (χ0v) is 18.7. The topological polar surface area (TPSA) is 67.9 Å². The molecular weight excluding hydrogens is 411 g/mol. The first-order chi connectivity index (χ1) is 15.5. The minimum atomic E-state index is -0.619. The number of amides is 2. The molecule has 1 aliphatic carbocycles. The van der Waals surface area contributed by atoms with E-state index < -0.39 is 6.04 Å². The Labute approximate surface area is 188 Å². The number of methoxy groups -OCH3 is 1. The van der Waals surface area contributed by atoms with E-state index in [-0.39, 0.29) is 36.8 Å². The van der Waals surface area contributed by atoms with E-state index in [1.807, 2.05) is 31.2 Å². The Kier molecular flexibility index (Phi) is 8.48. The summed E-state index contributed by atoms with van der Waals surface area (Å²) in [5.41, 5.74) is 0.853. The van der Waals surface area contributed by atoms with Crippen LogP contribution in [0.15, 0.2) is 48.5 Å². The maximum Gasteiger partial charge on any atom is 0.261 e. The van der Waals surface area contributed by atoms with E-state index in [2.05, 4.69) is 5.32 Å². The van der Waals surface area contributed by atoms with E-state index >= 15 is 0 Å². The van der Waals surface area contributed by atoms with Gasteiger partial charge in [-0.1, -0.05) is 31.9 Å². The quantitative estimate of drug-likeness (QED) is 0.602. The van der Waals surface area contributed by atoms with Crippen molar-refractivity contribution in [3.05, 3.63) is 59.9 Å². The second-order valence-electron chi connectivity index (χ2n) is 8.03. The number of benzene rings is 2. The summed E-state index contributed by atoms with van der Waals surface area (Å²) in [6.07, 6.45) is 4.64. The van der Waals surface area contributed by atoms with Crippen molar-refractivity contribution in [1.82, 2.24) is 10.2 Å². The van der Waals surface area contributed by atoms with Crippen molar-refractivity contribution in [2.24, 2.45) is 0 Å². The van der Waals surface area contributed by atoms with E-state index in [0.717, 1.165) is 31.2 Å². The van der Waals surface area contributed by atoms with Crippen LogP contribution in [0.2, 0.25) is 0 Å². The van der Waals surface area contributed by atoms with Crippen LogP contribution in [0.3, 0.4) is 0 Å². The second-order valence-corrected chi connectivity index (χ2v) is 8.03. The van der Waals surface area contributed by atoms with E-state index in [1.165, 1.54) is 24.3 Å². The Morgan fingerprint density at radius 1 is 1.12 bits per heavy atom. The summed E-state index contributed by atoms with van der Waals surface area (Å²) in [6.45, 7) is 1.90. The number of carbonyl (C=O) groups is 2. The molecule has 7 heteroatoms. The molecule has 1 saturated carbocycles. The number of ether oxygens (including phenoxy) is 2. The fraction of sp³-hybridized carbons (Fsp3) is 0.440. The lowest BCUT2D eigenvalue weighted by molar-refractivity contribution is -0.143. The molecule has 0 saturated heterocycles. The van der Waals surface area contributed by atoms with Gasteiger partial charge in [-0.3, -0.25) is 9.59 Å². The Balaban J connectivity index is 1.76. The third kappa shape index (κ3) is 6.45. The van der Waals surface area contributed by atoms with Crippen LogP contribution in [0.5, 0.6) is 11.5 Å². The molecule has 0 bridgehead atoms. The first kappa shape index (κ1) is 23.6. The lowest BCUT2D eigenvalue weighted by Crippen LogP contribution is -2.52. The SMILES string of the molecule is CC[C@@H](C(=O)NC1CCCC1)N(Cc1cccc(OC)c1)C(=O)COc1ccc(F)cc1. The number of hydrogen-bond acceptors (Lipinski definition) is 4. The standard InChI is InChI=1S/C25H31FN2O4/c1-3-23(25(30)27-20-8-4-5-9-20)28(16-18-7-6-10-22(15-18)31-2)24(29)17-32-21-13-11-19(26)12-14-21/h6-7,10-15,20,23H,3-5,8-9,16-17H2,1-2H3,(H,27,30)/t23-/m0/s1. The summed E-state index contributed by atoms with van der Waals surface area (Å²) < 4.78 is 24.0. The Hall–Kier alpha value is -3.09. The molecule has 0 heterocycles. The van der Waals surface area contributed by atoms with Gasteiger partial charge in [-0.05, 0) is 61.2 Å². The number of halogens is 1. The van der Waals surface area contributed by atoms with Crippen molar-refractivity contribution in [3.8, 4) is 11.5 Å². The van der Waals surface area contributed by atoms with Gasteiger partial charge >= 0.3 is 0 Å². The monoisotopic (exact) mass is 442 g/mol. The summed E-state index contributed by atoms with van der Waals surface area (Å²) in [5, 5.41) is 3.11. The minimum Gasteiger partial charge on any atom is -0.497 e. The molecule has 1 atom stereocenters. The van der Waals surface area contributed by atoms with Crippen LogP contribution in [0, 0.1) is 5.82 Å². The summed E-state index contributed by atoms with van der Waals surface area (Å²) in [4.78, 5) is 27.8. The van der Waals surface area contributed by atoms with E-state index in [0.29, 0.717) is 17.9 Å². The summed E-state index contributed by atoms with van der Waals surface area (Å²) >= 11 is 0. The molecule has 0 aromatic heterocycles. The number of nitrogens with zero attached hydrogens (tertiary/aromatic N) is 1. The van der Waals surface area contributed by atoms with Gasteiger partial charge in [0.25, 0.3) is 5.91 Å². The molecule has 1 fully saturated rings. The van der Waals surface area contributed by atoms with Gasteiger partial charge < -0.3 is 19.7 Å². The van der Waals surface area contributed by atoms with Crippen LogP contribution in [-0.4, -0.2) is 42.5 Å². The smallest absolute Gasteiger partial charge is 0.261 e. The molecule has 172 valence electrons. The zero-order valence-electron chi connectivity index (χ0n) is 18.7. The number of hydrogen-bond donors (Lipinski definition) is 1. The predicted molar refractivity (Wildman–Crippen MR) is 120 cm³/mol. The highest BCUT2D eigenvalue weighted by atomic mass is 19.1. The molecule has 1 aliphatic rings. The van der Waals surface area contributed by atoms with E-state index in [4.69, 9.17) is 9.47 Å². The Morgan fingerprint density at radius 3 is 2.50 bits per heavy atom. The molecule has 0 aliphatic heterocycles. The van der Waals surface area contributed by atoms with Crippen LogP contribution >= 0.6 is 0 Å². The van der Waals surface area contributed by atoms with Crippen LogP contribution < -0.4 is 14.8 Å². The van der Waals surface area contributed by atoms with Gasteiger partial charge in [-0.2, -0.15) is 0 Å². The molecule has 2 amide bonds. The number of nitrogens with one attached hydrogen (secondary N) is 1. The van der Waals surface area contributed by atoms with E-state index in [1.54, 1.807) is 12.0 Å². The fourth-order valence-corrected chi connectivity index (χ4v) is 4.01. The second kappa shape index (κ2) is 11.5. The average molecular weight is 443 g/mol. The highest BCUT2D eigenvalue weighted by molar-refractivity contribution is 5.88. The molecule has 0 spiro atoms. The highest BCUT2D eigenvalue weighted by Crippen LogP contribution is 2.21. The van der Waals surface area contributed by atoms with Crippen molar-refractivity contribution in [2.75, 3.05) is 13.7 Å². The van der Waals surface area contributed by atoms with Crippen LogP contribution in [0.4, 0.5) is 4.39 Å². The first-order valence-corrected chi connectivity index (χ1v) is 11.1. The predicted octanol–water partition coefficient (Wildman–Crippen LogP) is 4.08. The van der Waals surface area contributed by atoms with Crippen molar-refractivity contribution in [1.29, 1.82) is 0 Å². The molecule has 1 N–H and O–H groups in total. The van der Waals surface area contributed by atoms with Crippen LogP contribution in [0.25, 0.3) is 0 Å². The van der Waals surface area contributed by atoms with Crippen molar-refractivity contribution in [3.63, 3.8) is 0 Å². The molecule has 2 aromatic rings. The average Bonchev–Trinajstić information content (AvgIpc) is 3.31. The maximum absolute atomic E-state index is 13.2. The third-order valence-electron chi connectivity index (χ3n) is 5.75. The number of rotatable bonds is 10. The van der Waals surface area contributed by atoms with Gasteiger partial charge in [-0.15, -0.1) is 0 Å².